The molecule has 2 rings (SSSR count). The van der Waals surface area contributed by atoms with E-state index in [1.807, 2.05) is 42.5 Å². The van der Waals surface area contributed by atoms with E-state index in [0.717, 1.165) is 10.8 Å². The van der Waals surface area contributed by atoms with Crippen molar-refractivity contribution in [1.82, 2.24) is 4.90 Å². The van der Waals surface area contributed by atoms with Crippen LogP contribution in [0.1, 0.15) is 17.3 Å². The third kappa shape index (κ3) is 3.31. The third-order valence-corrected chi connectivity index (χ3v) is 3.51. The molecule has 0 radical (unpaired) electrons. The first-order valence-corrected chi connectivity index (χ1v) is 6.74. The molecule has 0 heterocycles. The lowest BCUT2D eigenvalue weighted by Gasteiger charge is -2.21. The van der Waals surface area contributed by atoms with Gasteiger partial charge in [-0.15, -0.1) is 0 Å². The summed E-state index contributed by atoms with van der Waals surface area (Å²) in [5.74, 6) is -0.170. The Labute approximate surface area is 123 Å². The van der Waals surface area contributed by atoms with Gasteiger partial charge >= 0.3 is 0 Å². The second kappa shape index (κ2) is 6.26. The fourth-order valence-corrected chi connectivity index (χ4v) is 2.23. The quantitative estimate of drug-likeness (QED) is 0.391. The Morgan fingerprint density at radius 3 is 2.62 bits per heavy atom. The summed E-state index contributed by atoms with van der Waals surface area (Å²) in [4.78, 5) is 14.0. The molecule has 0 fully saturated rings. The number of hydrogen-bond acceptors (Lipinski definition) is 3. The number of hydrogen-bond donors (Lipinski definition) is 2. The van der Waals surface area contributed by atoms with Crippen LogP contribution in [0.2, 0.25) is 0 Å². The summed E-state index contributed by atoms with van der Waals surface area (Å²) in [6.07, 6.45) is 0. The molecule has 3 N–H and O–H groups in total. The molecule has 1 amide bonds. The molecule has 21 heavy (non-hydrogen) atoms. The molecular formula is C16H19N3O2. The molecule has 110 valence electrons. The van der Waals surface area contributed by atoms with Crippen LogP contribution in [0.5, 0.6) is 0 Å². The van der Waals surface area contributed by atoms with Crippen molar-refractivity contribution in [2.24, 2.45) is 16.8 Å². The molecule has 0 aliphatic heterocycles. The van der Waals surface area contributed by atoms with Crippen molar-refractivity contribution in [3.63, 3.8) is 0 Å². The Kier molecular flexibility index (Phi) is 4.42. The van der Waals surface area contributed by atoms with E-state index in [4.69, 9.17) is 10.9 Å². The SMILES string of the molecule is CC(CN(C)C(=O)c1ccc2ccccc2c1)C(N)=NO. The smallest absolute Gasteiger partial charge is 0.253 e. The number of oxime groups is 1. The maximum absolute atomic E-state index is 12.4. The standard InChI is InChI=1S/C16H19N3O2/c1-11(15(17)18-21)10-19(2)16(20)14-8-7-12-5-3-4-6-13(12)9-14/h3-9,11,21H,10H2,1-2H3,(H2,17,18). The van der Waals surface area contributed by atoms with Gasteiger partial charge in [0.05, 0.1) is 0 Å². The Hall–Kier alpha value is -2.56. The number of benzene rings is 2. The van der Waals surface area contributed by atoms with Crippen LogP contribution in [0.4, 0.5) is 0 Å². The van der Waals surface area contributed by atoms with Crippen LogP contribution in [0.3, 0.4) is 0 Å². The number of nitrogens with zero attached hydrogens (tertiary/aromatic N) is 2. The fraction of sp³-hybridized carbons (Fsp3) is 0.250. The summed E-state index contributed by atoms with van der Waals surface area (Å²) < 4.78 is 0. The molecule has 0 aliphatic rings. The lowest BCUT2D eigenvalue weighted by Crippen LogP contribution is -2.36. The fourth-order valence-electron chi connectivity index (χ4n) is 2.23. The van der Waals surface area contributed by atoms with E-state index in [9.17, 15) is 4.79 Å². The minimum Gasteiger partial charge on any atom is -0.409 e. The lowest BCUT2D eigenvalue weighted by molar-refractivity contribution is 0.0786. The van der Waals surface area contributed by atoms with Gasteiger partial charge in [-0.05, 0) is 22.9 Å². The molecule has 5 heteroatoms. The van der Waals surface area contributed by atoms with Gasteiger partial charge in [-0.3, -0.25) is 4.79 Å². The topological polar surface area (TPSA) is 78.9 Å². The number of amidine groups is 1. The average Bonchev–Trinajstić information content (AvgIpc) is 2.52. The van der Waals surface area contributed by atoms with Crippen molar-refractivity contribution < 1.29 is 10.0 Å². The van der Waals surface area contributed by atoms with E-state index in [2.05, 4.69) is 5.16 Å². The van der Waals surface area contributed by atoms with Crippen LogP contribution in [0.25, 0.3) is 10.8 Å². The summed E-state index contributed by atoms with van der Waals surface area (Å²) in [5, 5.41) is 13.8. The van der Waals surface area contributed by atoms with Gasteiger partial charge in [-0.1, -0.05) is 42.4 Å². The summed E-state index contributed by atoms with van der Waals surface area (Å²) >= 11 is 0. The first-order chi connectivity index (χ1) is 10.0. The summed E-state index contributed by atoms with van der Waals surface area (Å²) in [6, 6.07) is 13.5. The Bertz CT molecular complexity index is 682. The molecule has 1 unspecified atom stereocenters. The largest absolute Gasteiger partial charge is 0.409 e. The van der Waals surface area contributed by atoms with Crippen molar-refractivity contribution in [2.75, 3.05) is 13.6 Å². The maximum Gasteiger partial charge on any atom is 0.253 e. The summed E-state index contributed by atoms with van der Waals surface area (Å²) in [5.41, 5.74) is 6.17. The van der Waals surface area contributed by atoms with Crippen molar-refractivity contribution in [3.05, 3.63) is 48.0 Å². The molecule has 0 aliphatic carbocycles. The highest BCUT2D eigenvalue weighted by Gasteiger charge is 2.17. The highest BCUT2D eigenvalue weighted by molar-refractivity contribution is 5.98. The zero-order valence-corrected chi connectivity index (χ0v) is 12.2. The van der Waals surface area contributed by atoms with E-state index in [0.29, 0.717) is 12.1 Å². The van der Waals surface area contributed by atoms with Crippen LogP contribution in [0.15, 0.2) is 47.6 Å². The van der Waals surface area contributed by atoms with Gasteiger partial charge in [0.25, 0.3) is 5.91 Å². The van der Waals surface area contributed by atoms with E-state index >= 15 is 0 Å². The highest BCUT2D eigenvalue weighted by Crippen LogP contribution is 2.17. The molecule has 0 bridgehead atoms. The lowest BCUT2D eigenvalue weighted by atomic mass is 10.1. The minimum atomic E-state index is -0.204. The van der Waals surface area contributed by atoms with Crippen molar-refractivity contribution in [1.29, 1.82) is 0 Å². The average molecular weight is 285 g/mol. The summed E-state index contributed by atoms with van der Waals surface area (Å²) in [7, 11) is 1.71. The predicted molar refractivity (Wildman–Crippen MR) is 83.5 cm³/mol. The Balaban J connectivity index is 2.17. The third-order valence-electron chi connectivity index (χ3n) is 3.51. The van der Waals surface area contributed by atoms with Gasteiger partial charge in [0.1, 0.15) is 5.84 Å². The summed E-state index contributed by atoms with van der Waals surface area (Å²) in [6.45, 7) is 2.20. The van der Waals surface area contributed by atoms with Gasteiger partial charge < -0.3 is 15.8 Å². The van der Waals surface area contributed by atoms with Gasteiger partial charge in [0.15, 0.2) is 0 Å². The highest BCUT2D eigenvalue weighted by atomic mass is 16.4. The van der Waals surface area contributed by atoms with E-state index < -0.39 is 0 Å². The molecule has 0 saturated heterocycles. The Morgan fingerprint density at radius 2 is 1.95 bits per heavy atom. The van der Waals surface area contributed by atoms with E-state index in [-0.39, 0.29) is 17.7 Å². The number of fused-ring (bicyclic) bond motifs is 1. The van der Waals surface area contributed by atoms with Gasteiger partial charge in [-0.2, -0.15) is 0 Å². The van der Waals surface area contributed by atoms with Gasteiger partial charge in [-0.25, -0.2) is 0 Å². The monoisotopic (exact) mass is 285 g/mol. The normalized spacial score (nSPS) is 13.1. The minimum absolute atomic E-state index is 0.0849. The first-order valence-electron chi connectivity index (χ1n) is 6.74. The molecular weight excluding hydrogens is 266 g/mol. The van der Waals surface area contributed by atoms with Gasteiger partial charge in [0.2, 0.25) is 0 Å². The predicted octanol–water partition coefficient (Wildman–Crippen LogP) is 2.29. The molecule has 0 aromatic heterocycles. The van der Waals surface area contributed by atoms with Crippen LogP contribution < -0.4 is 5.73 Å². The molecule has 2 aromatic rings. The van der Waals surface area contributed by atoms with Crippen LogP contribution in [0, 0.1) is 5.92 Å². The molecule has 5 nitrogen and oxygen atoms in total. The molecule has 1 atom stereocenters. The number of nitrogens with two attached hydrogens (primary N) is 1. The second-order valence-electron chi connectivity index (χ2n) is 5.17. The van der Waals surface area contributed by atoms with Crippen LogP contribution >= 0.6 is 0 Å². The molecule has 0 saturated carbocycles. The number of carbonyl (C=O) groups is 1. The number of rotatable bonds is 4. The van der Waals surface area contributed by atoms with Crippen molar-refractivity contribution >= 4 is 22.5 Å². The zero-order chi connectivity index (χ0) is 15.4. The van der Waals surface area contributed by atoms with E-state index in [1.165, 1.54) is 0 Å². The first kappa shape index (κ1) is 14.8. The zero-order valence-electron chi connectivity index (χ0n) is 12.2. The number of carbonyl (C=O) groups excluding carboxylic acids is 1. The molecule has 2 aromatic carbocycles. The maximum atomic E-state index is 12.4. The Morgan fingerprint density at radius 1 is 1.29 bits per heavy atom. The number of amides is 1. The van der Waals surface area contributed by atoms with Crippen molar-refractivity contribution in [2.45, 2.75) is 6.92 Å². The van der Waals surface area contributed by atoms with Crippen molar-refractivity contribution in [3.8, 4) is 0 Å². The van der Waals surface area contributed by atoms with Crippen LogP contribution in [-0.2, 0) is 0 Å². The molecule has 0 spiro atoms. The van der Waals surface area contributed by atoms with Crippen LogP contribution in [-0.4, -0.2) is 35.4 Å². The second-order valence-corrected chi connectivity index (χ2v) is 5.17. The van der Waals surface area contributed by atoms with Gasteiger partial charge in [0, 0.05) is 25.1 Å². The van der Waals surface area contributed by atoms with E-state index in [1.54, 1.807) is 18.9 Å².